The maximum atomic E-state index is 11.7. The second kappa shape index (κ2) is 5.96. The van der Waals surface area contributed by atoms with Crippen LogP contribution in [0.4, 0.5) is 10.5 Å². The normalized spacial score (nSPS) is 10.7. The average molecular weight is 308 g/mol. The molecular formula is C18H16N2O3. The first-order chi connectivity index (χ1) is 11.1. The Bertz CT molecular complexity index is 860. The molecule has 23 heavy (non-hydrogen) atoms. The van der Waals surface area contributed by atoms with Gasteiger partial charge in [0.2, 0.25) is 0 Å². The molecule has 0 unspecified atom stereocenters. The number of aromatic nitrogens is 1. The minimum atomic E-state index is -1.05. The third kappa shape index (κ3) is 2.94. The van der Waals surface area contributed by atoms with E-state index in [1.54, 1.807) is 24.4 Å². The van der Waals surface area contributed by atoms with Gasteiger partial charge in [0.15, 0.2) is 0 Å². The number of pyridine rings is 1. The van der Waals surface area contributed by atoms with Crippen LogP contribution >= 0.6 is 0 Å². The largest absolute Gasteiger partial charge is 0.506 e. The number of hydrogen-bond acceptors (Lipinski definition) is 3. The second-order valence-electron chi connectivity index (χ2n) is 5.36. The number of phenols is 1. The number of carbonyl (C=O) groups is 1. The number of hydrogen-bond donors (Lipinski definition) is 2. The zero-order valence-corrected chi connectivity index (χ0v) is 12.6. The Morgan fingerprint density at radius 3 is 2.57 bits per heavy atom. The molecule has 2 aromatic carbocycles. The summed E-state index contributed by atoms with van der Waals surface area (Å²) >= 11 is 0. The number of anilines is 1. The van der Waals surface area contributed by atoms with E-state index in [9.17, 15) is 15.0 Å². The summed E-state index contributed by atoms with van der Waals surface area (Å²) in [6.45, 7) is 2.21. The highest BCUT2D eigenvalue weighted by Gasteiger charge is 2.19. The van der Waals surface area contributed by atoms with Crippen LogP contribution in [-0.2, 0) is 6.54 Å². The van der Waals surface area contributed by atoms with Gasteiger partial charge in [0, 0.05) is 11.6 Å². The van der Waals surface area contributed by atoms with Crippen molar-refractivity contribution in [1.29, 1.82) is 0 Å². The van der Waals surface area contributed by atoms with E-state index >= 15 is 0 Å². The lowest BCUT2D eigenvalue weighted by atomic mass is 10.1. The van der Waals surface area contributed by atoms with Crippen LogP contribution in [0.3, 0.4) is 0 Å². The Labute approximate surface area is 133 Å². The molecule has 5 nitrogen and oxygen atoms in total. The van der Waals surface area contributed by atoms with Crippen molar-refractivity contribution in [2.45, 2.75) is 13.5 Å². The van der Waals surface area contributed by atoms with Crippen LogP contribution in [0.5, 0.6) is 5.75 Å². The van der Waals surface area contributed by atoms with Crippen LogP contribution in [-0.4, -0.2) is 21.3 Å². The minimum absolute atomic E-state index is 0.0324. The summed E-state index contributed by atoms with van der Waals surface area (Å²) < 4.78 is 0. The van der Waals surface area contributed by atoms with Crippen molar-refractivity contribution in [1.82, 2.24) is 4.98 Å². The quantitative estimate of drug-likeness (QED) is 0.768. The van der Waals surface area contributed by atoms with Gasteiger partial charge >= 0.3 is 6.09 Å². The van der Waals surface area contributed by atoms with Crippen LogP contribution in [0.25, 0.3) is 10.9 Å². The van der Waals surface area contributed by atoms with Crippen molar-refractivity contribution in [2.75, 3.05) is 4.90 Å². The third-order valence-electron chi connectivity index (χ3n) is 3.71. The van der Waals surface area contributed by atoms with Crippen molar-refractivity contribution in [3.63, 3.8) is 0 Å². The van der Waals surface area contributed by atoms with Gasteiger partial charge in [-0.2, -0.15) is 0 Å². The van der Waals surface area contributed by atoms with Gasteiger partial charge < -0.3 is 10.2 Å². The molecule has 0 spiro atoms. The van der Waals surface area contributed by atoms with Crippen LogP contribution in [0.2, 0.25) is 0 Å². The maximum absolute atomic E-state index is 11.7. The summed E-state index contributed by atoms with van der Waals surface area (Å²) in [6, 6.07) is 14.3. The fourth-order valence-corrected chi connectivity index (χ4v) is 2.51. The highest BCUT2D eigenvalue weighted by Crippen LogP contribution is 2.32. The number of aryl methyl sites for hydroxylation is 1. The molecule has 0 fully saturated rings. The van der Waals surface area contributed by atoms with Crippen molar-refractivity contribution < 1.29 is 15.0 Å². The number of carboxylic acid groups (broad SMARTS) is 1. The van der Waals surface area contributed by atoms with Gasteiger partial charge in [-0.05, 0) is 36.8 Å². The molecule has 0 atom stereocenters. The van der Waals surface area contributed by atoms with Gasteiger partial charge in [-0.1, -0.05) is 29.8 Å². The highest BCUT2D eigenvalue weighted by molar-refractivity contribution is 6.01. The van der Waals surface area contributed by atoms with Gasteiger partial charge in [-0.3, -0.25) is 9.88 Å². The third-order valence-corrected chi connectivity index (χ3v) is 3.71. The molecule has 2 N–H and O–H groups in total. The van der Waals surface area contributed by atoms with Gasteiger partial charge in [0.1, 0.15) is 11.3 Å². The molecule has 0 saturated heterocycles. The Hall–Kier alpha value is -3.08. The number of nitrogens with zero attached hydrogens (tertiary/aromatic N) is 2. The lowest BCUT2D eigenvalue weighted by Crippen LogP contribution is -2.28. The van der Waals surface area contributed by atoms with Gasteiger partial charge in [-0.25, -0.2) is 4.79 Å². The number of benzene rings is 2. The van der Waals surface area contributed by atoms with Gasteiger partial charge in [0.25, 0.3) is 0 Å². The fourth-order valence-electron chi connectivity index (χ4n) is 2.51. The summed E-state index contributed by atoms with van der Waals surface area (Å²) in [5.41, 5.74) is 2.90. The molecule has 0 radical (unpaired) electrons. The molecular weight excluding hydrogens is 292 g/mol. The molecule has 5 heteroatoms. The van der Waals surface area contributed by atoms with E-state index in [0.717, 1.165) is 11.1 Å². The second-order valence-corrected chi connectivity index (χ2v) is 5.36. The van der Waals surface area contributed by atoms with Crippen molar-refractivity contribution in [3.8, 4) is 5.75 Å². The molecule has 3 aromatic rings. The number of rotatable bonds is 3. The maximum Gasteiger partial charge on any atom is 0.412 e. The highest BCUT2D eigenvalue weighted by atomic mass is 16.4. The molecule has 0 aliphatic rings. The minimum Gasteiger partial charge on any atom is -0.506 e. The van der Waals surface area contributed by atoms with Gasteiger partial charge in [-0.15, -0.1) is 0 Å². The smallest absolute Gasteiger partial charge is 0.412 e. The van der Waals surface area contributed by atoms with E-state index in [4.69, 9.17) is 0 Å². The summed E-state index contributed by atoms with van der Waals surface area (Å²) in [5, 5.41) is 20.1. The summed E-state index contributed by atoms with van der Waals surface area (Å²) in [5.74, 6) is 0.0324. The molecule has 3 rings (SSSR count). The summed E-state index contributed by atoms with van der Waals surface area (Å²) in [4.78, 5) is 17.1. The Kier molecular flexibility index (Phi) is 3.85. The van der Waals surface area contributed by atoms with Crippen LogP contribution < -0.4 is 4.90 Å². The SMILES string of the molecule is Cc1ccc(CN(C(=O)O)c2ccc(O)c3ncccc23)cc1. The lowest BCUT2D eigenvalue weighted by molar-refractivity contribution is 0.201. The van der Waals surface area contributed by atoms with E-state index in [-0.39, 0.29) is 12.3 Å². The number of amides is 1. The standard InChI is InChI=1S/C18H16N2O3/c1-12-4-6-13(7-5-12)11-20(18(22)23)15-8-9-16(21)17-14(15)3-2-10-19-17/h2-10,21H,11H2,1H3,(H,22,23). The van der Waals surface area contributed by atoms with E-state index in [1.165, 1.54) is 11.0 Å². The molecule has 0 bridgehead atoms. The fraction of sp³-hybridized carbons (Fsp3) is 0.111. The Morgan fingerprint density at radius 1 is 1.13 bits per heavy atom. The molecule has 1 aromatic heterocycles. The first-order valence-electron chi connectivity index (χ1n) is 7.19. The number of phenolic OH excluding ortho intramolecular Hbond substituents is 1. The molecule has 1 heterocycles. The predicted octanol–water partition coefficient (Wildman–Crippen LogP) is 3.93. The molecule has 0 aliphatic heterocycles. The van der Waals surface area contributed by atoms with E-state index in [0.29, 0.717) is 16.6 Å². The number of aromatic hydroxyl groups is 1. The van der Waals surface area contributed by atoms with Crippen LogP contribution in [0.1, 0.15) is 11.1 Å². The van der Waals surface area contributed by atoms with E-state index in [1.807, 2.05) is 31.2 Å². The first-order valence-corrected chi connectivity index (χ1v) is 7.19. The van der Waals surface area contributed by atoms with Crippen molar-refractivity contribution >= 4 is 22.7 Å². The predicted molar refractivity (Wildman–Crippen MR) is 88.8 cm³/mol. The molecule has 0 aliphatic carbocycles. The first kappa shape index (κ1) is 14.8. The van der Waals surface area contributed by atoms with Gasteiger partial charge in [0.05, 0.1) is 12.2 Å². The molecule has 116 valence electrons. The monoisotopic (exact) mass is 308 g/mol. The van der Waals surface area contributed by atoms with E-state index in [2.05, 4.69) is 4.98 Å². The van der Waals surface area contributed by atoms with Crippen molar-refractivity contribution in [2.24, 2.45) is 0 Å². The van der Waals surface area contributed by atoms with Crippen molar-refractivity contribution in [3.05, 3.63) is 65.9 Å². The summed E-state index contributed by atoms with van der Waals surface area (Å²) in [7, 11) is 0. The zero-order chi connectivity index (χ0) is 16.4. The van der Waals surface area contributed by atoms with Crippen LogP contribution in [0, 0.1) is 6.92 Å². The van der Waals surface area contributed by atoms with E-state index < -0.39 is 6.09 Å². The molecule has 0 saturated carbocycles. The topological polar surface area (TPSA) is 73.7 Å². The van der Waals surface area contributed by atoms with Crippen LogP contribution in [0.15, 0.2) is 54.7 Å². The Balaban J connectivity index is 2.07. The Morgan fingerprint density at radius 2 is 1.87 bits per heavy atom. The molecule has 1 amide bonds. The summed E-state index contributed by atoms with van der Waals surface area (Å²) in [6.07, 6.45) is 0.512. The average Bonchev–Trinajstić information content (AvgIpc) is 2.55. The lowest BCUT2D eigenvalue weighted by Gasteiger charge is -2.21. The number of fused-ring (bicyclic) bond motifs is 1. The zero-order valence-electron chi connectivity index (χ0n) is 12.6.